The van der Waals surface area contributed by atoms with Crippen molar-refractivity contribution in [3.05, 3.63) is 0 Å². The van der Waals surface area contributed by atoms with Gasteiger partial charge in [0.25, 0.3) is 0 Å². The van der Waals surface area contributed by atoms with E-state index in [2.05, 4.69) is 29.4 Å². The molecular formula is C9H21N3. The lowest BCUT2D eigenvalue weighted by Crippen LogP contribution is -2.47. The summed E-state index contributed by atoms with van der Waals surface area (Å²) in [6, 6.07) is 0. The van der Waals surface area contributed by atoms with Gasteiger partial charge in [-0.2, -0.15) is 0 Å². The van der Waals surface area contributed by atoms with Gasteiger partial charge in [0.05, 0.1) is 0 Å². The molecule has 0 radical (unpaired) electrons. The van der Waals surface area contributed by atoms with Gasteiger partial charge in [0.2, 0.25) is 0 Å². The average Bonchev–Trinajstić information content (AvgIpc) is 2.05. The third-order valence-corrected chi connectivity index (χ3v) is 2.10. The Kier molecular flexibility index (Phi) is 4.58. The maximum Gasteiger partial charge on any atom is 0.0481 e. The van der Waals surface area contributed by atoms with Crippen LogP contribution >= 0.6 is 0 Å². The quantitative estimate of drug-likeness (QED) is 0.628. The van der Waals surface area contributed by atoms with Gasteiger partial charge in [-0.3, -0.25) is 4.90 Å². The molecule has 72 valence electrons. The van der Waals surface area contributed by atoms with Gasteiger partial charge in [0, 0.05) is 32.8 Å². The predicted octanol–water partition coefficient (Wildman–Crippen LogP) is 0.0947. The van der Waals surface area contributed by atoms with E-state index in [1.807, 2.05) is 0 Å². The zero-order valence-electron chi connectivity index (χ0n) is 8.27. The minimum Gasteiger partial charge on any atom is -0.314 e. The van der Waals surface area contributed by atoms with Gasteiger partial charge in [-0.25, -0.2) is 0 Å². The highest BCUT2D eigenvalue weighted by atomic mass is 15.3. The Morgan fingerprint density at radius 3 is 2.58 bits per heavy atom. The van der Waals surface area contributed by atoms with Crippen LogP contribution in [0.25, 0.3) is 0 Å². The summed E-state index contributed by atoms with van der Waals surface area (Å²) in [5.41, 5.74) is 0. The van der Waals surface area contributed by atoms with Crippen molar-refractivity contribution in [2.45, 2.75) is 13.8 Å². The van der Waals surface area contributed by atoms with Crippen LogP contribution in [0, 0.1) is 5.92 Å². The molecule has 0 bridgehead atoms. The van der Waals surface area contributed by atoms with Crippen molar-refractivity contribution in [1.82, 2.24) is 15.5 Å². The summed E-state index contributed by atoms with van der Waals surface area (Å²) in [6.45, 7) is 11.3. The van der Waals surface area contributed by atoms with Crippen molar-refractivity contribution in [1.29, 1.82) is 0 Å². The van der Waals surface area contributed by atoms with Crippen LogP contribution in [0.5, 0.6) is 0 Å². The van der Waals surface area contributed by atoms with E-state index in [4.69, 9.17) is 0 Å². The molecule has 0 aromatic carbocycles. The molecule has 2 N–H and O–H groups in total. The lowest BCUT2D eigenvalue weighted by Gasteiger charge is -2.27. The van der Waals surface area contributed by atoms with E-state index in [1.54, 1.807) is 0 Å². The van der Waals surface area contributed by atoms with Gasteiger partial charge in [-0.05, 0) is 12.5 Å². The summed E-state index contributed by atoms with van der Waals surface area (Å²) >= 11 is 0. The number of piperazine rings is 1. The van der Waals surface area contributed by atoms with E-state index in [0.29, 0.717) is 0 Å². The maximum absolute atomic E-state index is 3.45. The molecule has 0 unspecified atom stereocenters. The standard InChI is InChI=1S/C9H21N3/c1-9(2)7-11-8-12-5-3-10-4-6-12/h9-11H,3-8H2,1-2H3. The molecule has 0 saturated carbocycles. The van der Waals surface area contributed by atoms with Crippen LogP contribution < -0.4 is 10.6 Å². The SMILES string of the molecule is CC(C)CNCN1CCNCC1. The Labute approximate surface area is 75.5 Å². The molecular weight excluding hydrogens is 150 g/mol. The van der Waals surface area contributed by atoms with Gasteiger partial charge in [-0.1, -0.05) is 13.8 Å². The molecule has 0 aromatic rings. The molecule has 1 fully saturated rings. The molecule has 0 amide bonds. The first-order valence-corrected chi connectivity index (χ1v) is 4.93. The van der Waals surface area contributed by atoms with Crippen LogP contribution in [0.15, 0.2) is 0 Å². The van der Waals surface area contributed by atoms with E-state index in [0.717, 1.165) is 32.2 Å². The van der Waals surface area contributed by atoms with Crippen LogP contribution in [0.2, 0.25) is 0 Å². The first-order valence-electron chi connectivity index (χ1n) is 4.93. The van der Waals surface area contributed by atoms with E-state index >= 15 is 0 Å². The fourth-order valence-corrected chi connectivity index (χ4v) is 1.38. The molecule has 0 aromatic heterocycles. The van der Waals surface area contributed by atoms with Gasteiger partial charge in [0.15, 0.2) is 0 Å². The van der Waals surface area contributed by atoms with Crippen molar-refractivity contribution in [2.24, 2.45) is 5.92 Å². The monoisotopic (exact) mass is 171 g/mol. The molecule has 0 spiro atoms. The van der Waals surface area contributed by atoms with Crippen LogP contribution in [0.4, 0.5) is 0 Å². The number of rotatable bonds is 4. The van der Waals surface area contributed by atoms with Crippen LogP contribution in [0.3, 0.4) is 0 Å². The summed E-state index contributed by atoms with van der Waals surface area (Å²) in [5, 5.41) is 6.80. The Balaban J connectivity index is 1.98. The van der Waals surface area contributed by atoms with E-state index in [9.17, 15) is 0 Å². The highest BCUT2D eigenvalue weighted by Crippen LogP contribution is 1.91. The summed E-state index contributed by atoms with van der Waals surface area (Å²) in [6.07, 6.45) is 0. The molecule has 1 rings (SSSR count). The van der Waals surface area contributed by atoms with Crippen LogP contribution in [-0.2, 0) is 0 Å². The van der Waals surface area contributed by atoms with Crippen LogP contribution in [0.1, 0.15) is 13.8 Å². The van der Waals surface area contributed by atoms with Gasteiger partial charge < -0.3 is 10.6 Å². The molecule has 1 aliphatic rings. The third kappa shape index (κ3) is 4.04. The zero-order chi connectivity index (χ0) is 8.81. The van der Waals surface area contributed by atoms with E-state index in [1.165, 1.54) is 13.1 Å². The second-order valence-corrected chi connectivity index (χ2v) is 3.87. The summed E-state index contributed by atoms with van der Waals surface area (Å²) in [4.78, 5) is 2.46. The summed E-state index contributed by atoms with van der Waals surface area (Å²) in [5.74, 6) is 0.757. The molecule has 1 saturated heterocycles. The number of nitrogens with one attached hydrogen (secondary N) is 2. The molecule has 3 nitrogen and oxygen atoms in total. The molecule has 0 atom stereocenters. The lowest BCUT2D eigenvalue weighted by molar-refractivity contribution is 0.221. The van der Waals surface area contributed by atoms with Gasteiger partial charge in [0.1, 0.15) is 0 Å². The number of hydrogen-bond acceptors (Lipinski definition) is 3. The minimum atomic E-state index is 0.757. The number of hydrogen-bond donors (Lipinski definition) is 2. The van der Waals surface area contributed by atoms with E-state index in [-0.39, 0.29) is 0 Å². The normalized spacial score (nSPS) is 20.2. The zero-order valence-corrected chi connectivity index (χ0v) is 8.27. The van der Waals surface area contributed by atoms with Crippen LogP contribution in [-0.4, -0.2) is 44.3 Å². The molecule has 3 heteroatoms. The highest BCUT2D eigenvalue weighted by Gasteiger charge is 2.07. The van der Waals surface area contributed by atoms with Crippen molar-refractivity contribution in [2.75, 3.05) is 39.4 Å². The minimum absolute atomic E-state index is 0.757. The fraction of sp³-hybridized carbons (Fsp3) is 1.00. The Bertz CT molecular complexity index is 108. The first kappa shape index (κ1) is 9.96. The molecule has 12 heavy (non-hydrogen) atoms. The lowest BCUT2D eigenvalue weighted by atomic mass is 10.2. The molecule has 1 heterocycles. The van der Waals surface area contributed by atoms with Crippen molar-refractivity contribution >= 4 is 0 Å². The van der Waals surface area contributed by atoms with Gasteiger partial charge in [-0.15, -0.1) is 0 Å². The number of nitrogens with zero attached hydrogens (tertiary/aromatic N) is 1. The second-order valence-electron chi connectivity index (χ2n) is 3.87. The Hall–Kier alpha value is -0.120. The summed E-state index contributed by atoms with van der Waals surface area (Å²) in [7, 11) is 0. The second kappa shape index (κ2) is 5.51. The Morgan fingerprint density at radius 2 is 2.00 bits per heavy atom. The largest absolute Gasteiger partial charge is 0.314 e. The van der Waals surface area contributed by atoms with Crippen molar-refractivity contribution in [3.8, 4) is 0 Å². The predicted molar refractivity (Wildman–Crippen MR) is 52.2 cm³/mol. The van der Waals surface area contributed by atoms with E-state index < -0.39 is 0 Å². The maximum atomic E-state index is 3.45. The Morgan fingerprint density at radius 1 is 1.33 bits per heavy atom. The first-order chi connectivity index (χ1) is 5.79. The molecule has 0 aliphatic carbocycles. The highest BCUT2D eigenvalue weighted by molar-refractivity contribution is 4.66. The van der Waals surface area contributed by atoms with Gasteiger partial charge >= 0.3 is 0 Å². The van der Waals surface area contributed by atoms with Crippen molar-refractivity contribution in [3.63, 3.8) is 0 Å². The smallest absolute Gasteiger partial charge is 0.0481 e. The topological polar surface area (TPSA) is 27.3 Å². The molecule has 1 aliphatic heterocycles. The average molecular weight is 171 g/mol. The third-order valence-electron chi connectivity index (χ3n) is 2.10. The summed E-state index contributed by atoms with van der Waals surface area (Å²) < 4.78 is 0. The van der Waals surface area contributed by atoms with Crippen molar-refractivity contribution < 1.29 is 0 Å². The fourth-order valence-electron chi connectivity index (χ4n) is 1.38.